The molecule has 0 atom stereocenters. The summed E-state index contributed by atoms with van der Waals surface area (Å²) in [6, 6.07) is 4.05. The van der Waals surface area contributed by atoms with Gasteiger partial charge in [-0.05, 0) is 51.3 Å². The molecule has 0 spiro atoms. The normalized spacial score (nSPS) is 10.5. The van der Waals surface area contributed by atoms with Crippen LogP contribution in [0.3, 0.4) is 0 Å². The number of carbonyl (C=O) groups excluding carboxylic acids is 2. The average Bonchev–Trinajstić information content (AvgIpc) is 2.91. The lowest BCUT2D eigenvalue weighted by atomic mass is 9.91. The van der Waals surface area contributed by atoms with Crippen LogP contribution in [0.5, 0.6) is 0 Å². The largest absolute Gasteiger partial charge is 0.462 e. The number of benzene rings is 1. The van der Waals surface area contributed by atoms with E-state index in [0.717, 1.165) is 22.3 Å². The molecule has 0 unspecified atom stereocenters. The molecule has 1 heterocycles. The van der Waals surface area contributed by atoms with E-state index in [1.165, 1.54) is 6.20 Å². The van der Waals surface area contributed by atoms with E-state index in [2.05, 4.69) is 4.98 Å². The number of nitrogens with one attached hydrogen (secondary N) is 1. The van der Waals surface area contributed by atoms with Crippen LogP contribution in [0.1, 0.15) is 51.4 Å². The van der Waals surface area contributed by atoms with Crippen LogP contribution in [0.25, 0.3) is 11.1 Å². The van der Waals surface area contributed by atoms with E-state index >= 15 is 0 Å². The Kier molecular flexibility index (Phi) is 5.44. The van der Waals surface area contributed by atoms with Crippen LogP contribution in [0.2, 0.25) is 0 Å². The zero-order chi connectivity index (χ0) is 17.9. The third kappa shape index (κ3) is 3.35. The fourth-order valence-electron chi connectivity index (χ4n) is 2.99. The van der Waals surface area contributed by atoms with Crippen molar-refractivity contribution in [1.82, 2.24) is 4.98 Å². The number of esters is 2. The van der Waals surface area contributed by atoms with E-state index < -0.39 is 11.9 Å². The Bertz CT molecular complexity index is 715. The summed E-state index contributed by atoms with van der Waals surface area (Å²) in [6.07, 6.45) is 1.51. The van der Waals surface area contributed by atoms with Crippen LogP contribution in [0.4, 0.5) is 0 Å². The van der Waals surface area contributed by atoms with Crippen molar-refractivity contribution in [2.24, 2.45) is 0 Å². The maximum absolute atomic E-state index is 12.3. The molecule has 0 aliphatic heterocycles. The van der Waals surface area contributed by atoms with Crippen molar-refractivity contribution in [3.63, 3.8) is 0 Å². The number of rotatable bonds is 5. The predicted octanol–water partition coefficient (Wildman–Crippen LogP) is 3.96. The minimum Gasteiger partial charge on any atom is -0.462 e. The molecule has 0 amide bonds. The van der Waals surface area contributed by atoms with Crippen LogP contribution in [-0.2, 0) is 9.47 Å². The second-order valence-corrected chi connectivity index (χ2v) is 5.67. The first-order valence-electron chi connectivity index (χ1n) is 8.04. The van der Waals surface area contributed by atoms with E-state index in [1.54, 1.807) is 13.8 Å². The molecule has 1 aromatic carbocycles. The first-order valence-corrected chi connectivity index (χ1v) is 8.04. The molecule has 24 heavy (non-hydrogen) atoms. The SMILES string of the molecule is CCOC(=O)c1c[nH]c(C(=O)OCC)c1-c1c(C)cc(C)cc1C. The summed E-state index contributed by atoms with van der Waals surface area (Å²) in [5.41, 5.74) is 5.12. The molecule has 0 saturated carbocycles. The predicted molar refractivity (Wildman–Crippen MR) is 92.4 cm³/mol. The van der Waals surface area contributed by atoms with Gasteiger partial charge in [0.25, 0.3) is 0 Å². The maximum atomic E-state index is 12.3. The second-order valence-electron chi connectivity index (χ2n) is 5.67. The highest BCUT2D eigenvalue weighted by Gasteiger charge is 2.26. The molecule has 0 aliphatic rings. The fourth-order valence-corrected chi connectivity index (χ4v) is 2.99. The van der Waals surface area contributed by atoms with Gasteiger partial charge in [-0.2, -0.15) is 0 Å². The van der Waals surface area contributed by atoms with Gasteiger partial charge in [-0.1, -0.05) is 17.7 Å². The molecule has 2 rings (SSSR count). The molecule has 1 N–H and O–H groups in total. The molecule has 0 saturated heterocycles. The van der Waals surface area contributed by atoms with Gasteiger partial charge in [0.15, 0.2) is 0 Å². The topological polar surface area (TPSA) is 68.4 Å². The lowest BCUT2D eigenvalue weighted by molar-refractivity contribution is 0.0519. The van der Waals surface area contributed by atoms with Crippen LogP contribution in [0, 0.1) is 20.8 Å². The van der Waals surface area contributed by atoms with Gasteiger partial charge in [0.05, 0.1) is 18.8 Å². The smallest absolute Gasteiger partial charge is 0.355 e. The van der Waals surface area contributed by atoms with Gasteiger partial charge in [0, 0.05) is 11.8 Å². The van der Waals surface area contributed by atoms with E-state index in [9.17, 15) is 9.59 Å². The third-order valence-corrected chi connectivity index (χ3v) is 3.78. The monoisotopic (exact) mass is 329 g/mol. The number of hydrogen-bond donors (Lipinski definition) is 1. The molecule has 0 bridgehead atoms. The van der Waals surface area contributed by atoms with E-state index in [0.29, 0.717) is 11.1 Å². The van der Waals surface area contributed by atoms with Crippen molar-refractivity contribution < 1.29 is 19.1 Å². The number of H-pyrrole nitrogens is 1. The van der Waals surface area contributed by atoms with Crippen molar-refractivity contribution in [3.05, 3.63) is 46.3 Å². The molecule has 2 aromatic rings. The van der Waals surface area contributed by atoms with Crippen LogP contribution < -0.4 is 0 Å². The summed E-state index contributed by atoms with van der Waals surface area (Å²) >= 11 is 0. The minimum absolute atomic E-state index is 0.262. The zero-order valence-corrected chi connectivity index (χ0v) is 14.8. The van der Waals surface area contributed by atoms with Gasteiger partial charge in [-0.15, -0.1) is 0 Å². The van der Waals surface area contributed by atoms with Gasteiger partial charge in [0.2, 0.25) is 0 Å². The lowest BCUT2D eigenvalue weighted by Gasteiger charge is -2.14. The number of hydrogen-bond acceptors (Lipinski definition) is 4. The Hall–Kier alpha value is -2.56. The first-order chi connectivity index (χ1) is 11.4. The van der Waals surface area contributed by atoms with Crippen LogP contribution in [-0.4, -0.2) is 30.1 Å². The molecule has 128 valence electrons. The van der Waals surface area contributed by atoms with Gasteiger partial charge in [0.1, 0.15) is 5.69 Å². The molecule has 5 nitrogen and oxygen atoms in total. The average molecular weight is 329 g/mol. The van der Waals surface area contributed by atoms with Crippen molar-refractivity contribution in [3.8, 4) is 11.1 Å². The Morgan fingerprint density at radius 3 is 2.00 bits per heavy atom. The summed E-state index contributed by atoms with van der Waals surface area (Å²) in [4.78, 5) is 27.5. The van der Waals surface area contributed by atoms with E-state index in [4.69, 9.17) is 9.47 Å². The number of ether oxygens (including phenoxy) is 2. The third-order valence-electron chi connectivity index (χ3n) is 3.78. The second kappa shape index (κ2) is 7.34. The van der Waals surface area contributed by atoms with Crippen LogP contribution in [0.15, 0.2) is 18.3 Å². The molecule has 5 heteroatoms. The van der Waals surface area contributed by atoms with Crippen LogP contribution >= 0.6 is 0 Å². The van der Waals surface area contributed by atoms with E-state index in [-0.39, 0.29) is 18.9 Å². The molecule has 0 fully saturated rings. The molecule has 1 aromatic heterocycles. The minimum atomic E-state index is -0.484. The molecular formula is C19H23NO4. The highest BCUT2D eigenvalue weighted by molar-refractivity contribution is 6.06. The first kappa shape index (κ1) is 17.8. The summed E-state index contributed by atoms with van der Waals surface area (Å²) < 4.78 is 10.3. The summed E-state index contributed by atoms with van der Waals surface area (Å²) in [7, 11) is 0. The van der Waals surface area contributed by atoms with Gasteiger partial charge in [-0.3, -0.25) is 0 Å². The number of aryl methyl sites for hydroxylation is 3. The van der Waals surface area contributed by atoms with Crippen molar-refractivity contribution in [2.75, 3.05) is 13.2 Å². The number of carbonyl (C=O) groups is 2. The number of aromatic nitrogens is 1. The molecule has 0 aliphatic carbocycles. The zero-order valence-electron chi connectivity index (χ0n) is 14.8. The van der Waals surface area contributed by atoms with Crippen molar-refractivity contribution >= 4 is 11.9 Å². The van der Waals surface area contributed by atoms with Gasteiger partial charge < -0.3 is 14.5 Å². The molecular weight excluding hydrogens is 306 g/mol. The standard InChI is InChI=1S/C19H23NO4/c1-6-23-18(21)14-10-20-17(19(22)24-7-2)16(14)15-12(4)8-11(3)9-13(15)5/h8-10,20H,6-7H2,1-5H3. The quantitative estimate of drug-likeness (QED) is 0.843. The Morgan fingerprint density at radius 2 is 1.46 bits per heavy atom. The van der Waals surface area contributed by atoms with Gasteiger partial charge >= 0.3 is 11.9 Å². The van der Waals surface area contributed by atoms with Gasteiger partial charge in [-0.25, -0.2) is 9.59 Å². The van der Waals surface area contributed by atoms with Crippen molar-refractivity contribution in [1.29, 1.82) is 0 Å². The highest BCUT2D eigenvalue weighted by atomic mass is 16.5. The fraction of sp³-hybridized carbons (Fsp3) is 0.368. The summed E-state index contributed by atoms with van der Waals surface area (Å²) in [6.45, 7) is 9.97. The summed E-state index contributed by atoms with van der Waals surface area (Å²) in [5.74, 6) is -0.943. The lowest BCUT2D eigenvalue weighted by Crippen LogP contribution is -2.10. The Labute approximate surface area is 142 Å². The number of aromatic amines is 1. The van der Waals surface area contributed by atoms with Crippen molar-refractivity contribution in [2.45, 2.75) is 34.6 Å². The Morgan fingerprint density at radius 1 is 0.917 bits per heavy atom. The Balaban J connectivity index is 2.72. The molecule has 0 radical (unpaired) electrons. The maximum Gasteiger partial charge on any atom is 0.355 e. The summed E-state index contributed by atoms with van der Waals surface area (Å²) in [5, 5.41) is 0. The highest BCUT2D eigenvalue weighted by Crippen LogP contribution is 2.34. The van der Waals surface area contributed by atoms with E-state index in [1.807, 2.05) is 32.9 Å².